The Hall–Kier alpha value is -1.84. The van der Waals surface area contributed by atoms with Crippen LogP contribution in [0.3, 0.4) is 0 Å². The maximum absolute atomic E-state index is 11.7. The molecule has 19 heavy (non-hydrogen) atoms. The number of hydrogen-bond donors (Lipinski definition) is 0. The van der Waals surface area contributed by atoms with Crippen molar-refractivity contribution in [3.63, 3.8) is 0 Å². The van der Waals surface area contributed by atoms with Crippen molar-refractivity contribution in [2.24, 2.45) is 0 Å². The zero-order valence-electron chi connectivity index (χ0n) is 11.6. The van der Waals surface area contributed by atoms with Crippen LogP contribution in [0.5, 0.6) is 5.75 Å². The molecule has 1 unspecified atom stereocenters. The number of ether oxygens (including phenoxy) is 2. The van der Waals surface area contributed by atoms with Gasteiger partial charge in [-0.3, -0.25) is 4.79 Å². The fourth-order valence-electron chi connectivity index (χ4n) is 1.53. The van der Waals surface area contributed by atoms with Crippen molar-refractivity contribution < 1.29 is 19.1 Å². The number of unbranched alkanes of at least 4 members (excludes halogenated alkanes) is 1. The average Bonchev–Trinajstić information content (AvgIpc) is 2.39. The van der Waals surface area contributed by atoms with Crippen LogP contribution in [0.25, 0.3) is 0 Å². The van der Waals surface area contributed by atoms with Crippen molar-refractivity contribution in [1.29, 1.82) is 0 Å². The molecular formula is C15H20O4. The summed E-state index contributed by atoms with van der Waals surface area (Å²) in [5.74, 6) is -0.0936. The zero-order chi connectivity index (χ0) is 14.3. The molecule has 1 rings (SSSR count). The third kappa shape index (κ3) is 4.73. The van der Waals surface area contributed by atoms with Crippen LogP contribution < -0.4 is 4.74 Å². The van der Waals surface area contributed by atoms with Crippen LogP contribution >= 0.6 is 0 Å². The van der Waals surface area contributed by atoms with Gasteiger partial charge in [0.15, 0.2) is 11.9 Å². The lowest BCUT2D eigenvalue weighted by atomic mass is 10.1. The molecule has 0 saturated carbocycles. The number of hydrogen-bond acceptors (Lipinski definition) is 4. The third-order valence-corrected chi connectivity index (χ3v) is 2.64. The standard InChI is InChI=1S/C15H20O4/c1-4-5-10-18-15(17)12(3)19-14-9-7-6-8-13(14)11(2)16/h6-9,12H,4-5,10H2,1-3H3. The number of rotatable bonds is 7. The number of carbonyl (C=O) groups is 2. The molecule has 1 aromatic rings. The highest BCUT2D eigenvalue weighted by Crippen LogP contribution is 2.20. The Labute approximate surface area is 113 Å². The Morgan fingerprint density at radius 2 is 1.95 bits per heavy atom. The van der Waals surface area contributed by atoms with Crippen LogP contribution in [0.2, 0.25) is 0 Å². The van der Waals surface area contributed by atoms with Crippen LogP contribution in [0.4, 0.5) is 0 Å². The number of ketones is 1. The molecule has 0 heterocycles. The summed E-state index contributed by atoms with van der Waals surface area (Å²) in [5, 5.41) is 0. The van der Waals surface area contributed by atoms with E-state index in [1.165, 1.54) is 6.92 Å². The molecule has 0 aliphatic rings. The molecule has 0 bridgehead atoms. The van der Waals surface area contributed by atoms with E-state index in [0.717, 1.165) is 12.8 Å². The van der Waals surface area contributed by atoms with Crippen molar-refractivity contribution >= 4 is 11.8 Å². The van der Waals surface area contributed by atoms with Gasteiger partial charge in [0.2, 0.25) is 0 Å². The van der Waals surface area contributed by atoms with E-state index in [4.69, 9.17) is 9.47 Å². The highest BCUT2D eigenvalue weighted by molar-refractivity contribution is 5.96. The Morgan fingerprint density at radius 1 is 1.26 bits per heavy atom. The summed E-state index contributed by atoms with van der Waals surface area (Å²) in [7, 11) is 0. The van der Waals surface area contributed by atoms with Gasteiger partial charge in [-0.2, -0.15) is 0 Å². The van der Waals surface area contributed by atoms with Gasteiger partial charge in [0.1, 0.15) is 5.75 Å². The Kier molecular flexibility index (Phi) is 6.06. The van der Waals surface area contributed by atoms with E-state index in [0.29, 0.717) is 17.9 Å². The predicted octanol–water partition coefficient (Wildman–Crippen LogP) is 3.00. The molecule has 4 nitrogen and oxygen atoms in total. The number of carbonyl (C=O) groups excluding carboxylic acids is 2. The summed E-state index contributed by atoms with van der Waals surface area (Å²) in [5.41, 5.74) is 0.468. The topological polar surface area (TPSA) is 52.6 Å². The van der Waals surface area contributed by atoms with Gasteiger partial charge in [0, 0.05) is 0 Å². The molecule has 0 radical (unpaired) electrons. The van der Waals surface area contributed by atoms with E-state index in [1.807, 2.05) is 6.92 Å². The molecule has 104 valence electrons. The summed E-state index contributed by atoms with van der Waals surface area (Å²) in [4.78, 5) is 23.1. The van der Waals surface area contributed by atoms with Crippen LogP contribution in [-0.4, -0.2) is 24.5 Å². The van der Waals surface area contributed by atoms with Gasteiger partial charge in [-0.1, -0.05) is 25.5 Å². The van der Waals surface area contributed by atoms with Crippen molar-refractivity contribution in [3.8, 4) is 5.75 Å². The number of para-hydroxylation sites is 1. The maximum Gasteiger partial charge on any atom is 0.347 e. The van der Waals surface area contributed by atoms with Crippen molar-refractivity contribution in [1.82, 2.24) is 0 Å². The molecule has 1 aromatic carbocycles. The van der Waals surface area contributed by atoms with Crippen LogP contribution in [-0.2, 0) is 9.53 Å². The van der Waals surface area contributed by atoms with Gasteiger partial charge in [-0.15, -0.1) is 0 Å². The first-order valence-electron chi connectivity index (χ1n) is 6.49. The minimum Gasteiger partial charge on any atom is -0.478 e. The van der Waals surface area contributed by atoms with Gasteiger partial charge in [-0.05, 0) is 32.4 Å². The Morgan fingerprint density at radius 3 is 2.58 bits per heavy atom. The second-order valence-corrected chi connectivity index (χ2v) is 4.33. The molecule has 0 aliphatic carbocycles. The molecule has 0 fully saturated rings. The van der Waals surface area contributed by atoms with E-state index < -0.39 is 12.1 Å². The first-order chi connectivity index (χ1) is 9.06. The normalized spacial score (nSPS) is 11.7. The average molecular weight is 264 g/mol. The Balaban J connectivity index is 2.63. The first-order valence-corrected chi connectivity index (χ1v) is 6.49. The summed E-state index contributed by atoms with van der Waals surface area (Å²) in [6.07, 6.45) is 1.08. The SMILES string of the molecule is CCCCOC(=O)C(C)Oc1ccccc1C(C)=O. The lowest BCUT2D eigenvalue weighted by Gasteiger charge is -2.15. The van der Waals surface area contributed by atoms with Crippen molar-refractivity contribution in [2.75, 3.05) is 6.61 Å². The third-order valence-electron chi connectivity index (χ3n) is 2.64. The summed E-state index contributed by atoms with van der Waals surface area (Å²) >= 11 is 0. The molecule has 0 saturated heterocycles. The van der Waals surface area contributed by atoms with Gasteiger partial charge in [0.25, 0.3) is 0 Å². The fourth-order valence-corrected chi connectivity index (χ4v) is 1.53. The van der Waals surface area contributed by atoms with E-state index in [2.05, 4.69) is 0 Å². The van der Waals surface area contributed by atoms with E-state index >= 15 is 0 Å². The van der Waals surface area contributed by atoms with Crippen molar-refractivity contribution in [3.05, 3.63) is 29.8 Å². The van der Waals surface area contributed by atoms with E-state index in [1.54, 1.807) is 31.2 Å². The molecule has 4 heteroatoms. The van der Waals surface area contributed by atoms with E-state index in [9.17, 15) is 9.59 Å². The molecule has 0 spiro atoms. The highest BCUT2D eigenvalue weighted by Gasteiger charge is 2.18. The van der Waals surface area contributed by atoms with E-state index in [-0.39, 0.29) is 5.78 Å². The van der Waals surface area contributed by atoms with Crippen LogP contribution in [0.1, 0.15) is 44.0 Å². The smallest absolute Gasteiger partial charge is 0.347 e. The number of esters is 1. The van der Waals surface area contributed by atoms with Crippen LogP contribution in [0, 0.1) is 0 Å². The van der Waals surface area contributed by atoms with Gasteiger partial charge in [0.05, 0.1) is 12.2 Å². The second kappa shape index (κ2) is 7.56. The maximum atomic E-state index is 11.7. The quantitative estimate of drug-likeness (QED) is 0.431. The molecule has 0 aromatic heterocycles. The summed E-state index contributed by atoms with van der Waals surface area (Å²) < 4.78 is 10.6. The molecule has 0 aliphatic heterocycles. The molecule has 0 amide bonds. The molecular weight excluding hydrogens is 244 g/mol. The lowest BCUT2D eigenvalue weighted by Crippen LogP contribution is -2.27. The van der Waals surface area contributed by atoms with Crippen molar-refractivity contribution in [2.45, 2.75) is 39.7 Å². The zero-order valence-corrected chi connectivity index (χ0v) is 11.6. The lowest BCUT2D eigenvalue weighted by molar-refractivity contribution is -0.151. The predicted molar refractivity (Wildman–Crippen MR) is 72.4 cm³/mol. The fraction of sp³-hybridized carbons (Fsp3) is 0.467. The monoisotopic (exact) mass is 264 g/mol. The summed E-state index contributed by atoms with van der Waals surface area (Å²) in [6, 6.07) is 6.87. The van der Waals surface area contributed by atoms with Crippen LogP contribution in [0.15, 0.2) is 24.3 Å². The number of Topliss-reactive ketones (excluding diaryl/α,β-unsaturated/α-hetero) is 1. The number of benzene rings is 1. The highest BCUT2D eigenvalue weighted by atomic mass is 16.6. The largest absolute Gasteiger partial charge is 0.478 e. The van der Waals surface area contributed by atoms with Gasteiger partial charge >= 0.3 is 5.97 Å². The minimum atomic E-state index is -0.725. The van der Waals surface area contributed by atoms with Gasteiger partial charge in [-0.25, -0.2) is 4.79 Å². The minimum absolute atomic E-state index is 0.0952. The second-order valence-electron chi connectivity index (χ2n) is 4.33. The molecule has 1 atom stereocenters. The Bertz CT molecular complexity index is 440. The van der Waals surface area contributed by atoms with Gasteiger partial charge < -0.3 is 9.47 Å². The molecule has 0 N–H and O–H groups in total. The first kappa shape index (κ1) is 15.2. The summed E-state index contributed by atoms with van der Waals surface area (Å²) in [6.45, 7) is 5.51.